The Hall–Kier alpha value is -0.824. The molecule has 1 radical (unpaired) electrons. The van der Waals surface area contributed by atoms with E-state index in [1.807, 2.05) is 18.2 Å². The normalized spacial score (nSPS) is 26.2. The minimum atomic E-state index is -0.190. The molecule has 0 unspecified atom stereocenters. The molecule has 5 nitrogen and oxygen atoms in total. The van der Waals surface area contributed by atoms with E-state index in [-0.39, 0.29) is 52.7 Å². The number of rotatable bonds is 4. The van der Waals surface area contributed by atoms with Gasteiger partial charge in [-0.25, -0.2) is 15.0 Å². The number of aliphatic imine (C=N–C) groups is 2. The van der Waals surface area contributed by atoms with E-state index in [4.69, 9.17) is 19.5 Å². The molecule has 0 aromatic carbocycles. The van der Waals surface area contributed by atoms with E-state index in [0.29, 0.717) is 36.8 Å². The minimum Gasteiger partial charge on any atom is -1.00 e. The largest absolute Gasteiger partial charge is 2.00 e. The van der Waals surface area contributed by atoms with Crippen molar-refractivity contribution < 1.29 is 51.1 Å². The smallest absolute Gasteiger partial charge is 1.00 e. The van der Waals surface area contributed by atoms with Crippen molar-refractivity contribution >= 4 is 11.8 Å². The van der Waals surface area contributed by atoms with Gasteiger partial charge < -0.3 is 34.3 Å². The maximum atomic E-state index is 5.82. The van der Waals surface area contributed by atoms with Crippen LogP contribution in [-0.2, 0) is 26.3 Å². The van der Waals surface area contributed by atoms with E-state index in [0.717, 1.165) is 11.4 Å². The Bertz CT molecular complexity index is 657. The molecule has 0 bridgehead atoms. The van der Waals surface area contributed by atoms with Crippen molar-refractivity contribution in [2.75, 3.05) is 13.2 Å². The molecule has 3 rings (SSSR count). The van der Waals surface area contributed by atoms with Gasteiger partial charge >= 0.3 is 16.8 Å². The summed E-state index contributed by atoms with van der Waals surface area (Å²) in [5.74, 6) is 2.04. The van der Waals surface area contributed by atoms with Gasteiger partial charge in [0.25, 0.3) is 0 Å². The Kier molecular flexibility index (Phi) is 9.30. The minimum absolute atomic E-state index is 0. The van der Waals surface area contributed by atoms with E-state index >= 15 is 0 Å². The van der Waals surface area contributed by atoms with Crippen molar-refractivity contribution in [3.8, 4) is 0 Å². The van der Waals surface area contributed by atoms with Gasteiger partial charge in [0.1, 0.15) is 24.6 Å². The first kappa shape index (κ1) is 26.2. The van der Waals surface area contributed by atoms with Gasteiger partial charge in [0.05, 0.1) is 11.1 Å². The first-order valence-electron chi connectivity index (χ1n) is 8.67. The number of ether oxygens (including phenoxy) is 2. The molecule has 0 amide bonds. The molecule has 0 spiro atoms. The molecule has 1 aromatic heterocycles. The van der Waals surface area contributed by atoms with Gasteiger partial charge in [-0.05, 0) is 37.8 Å². The van der Waals surface area contributed by atoms with E-state index in [2.05, 4.69) is 46.5 Å². The number of hydrogen-bond donors (Lipinski definition) is 0. The zero-order valence-electron chi connectivity index (χ0n) is 16.5. The maximum absolute atomic E-state index is 5.82. The molecule has 3 heterocycles. The third kappa shape index (κ3) is 5.16. The van der Waals surface area contributed by atoms with Crippen molar-refractivity contribution in [1.29, 1.82) is 0 Å². The number of nitrogens with zero attached hydrogens (tertiary/aromatic N) is 3. The first-order valence-corrected chi connectivity index (χ1v) is 8.67. The van der Waals surface area contributed by atoms with Crippen LogP contribution in [0.1, 0.15) is 52.9 Å². The molecule has 0 saturated heterocycles. The Morgan fingerprint density at radius 2 is 1.19 bits per heavy atom. The summed E-state index contributed by atoms with van der Waals surface area (Å²) in [5, 5.41) is 0. The van der Waals surface area contributed by atoms with Gasteiger partial charge in [0.2, 0.25) is 11.8 Å². The number of aromatic nitrogens is 1. The van der Waals surface area contributed by atoms with Crippen molar-refractivity contribution in [3.05, 3.63) is 29.6 Å². The summed E-state index contributed by atoms with van der Waals surface area (Å²) in [6.07, 6.45) is 0. The predicted octanol–water partition coefficient (Wildman–Crippen LogP) is -2.53. The zero-order chi connectivity index (χ0) is 17.5. The van der Waals surface area contributed by atoms with Crippen LogP contribution in [0, 0.1) is 11.8 Å². The quantitative estimate of drug-likeness (QED) is 0.500. The van der Waals surface area contributed by atoms with Gasteiger partial charge in [0, 0.05) is 0 Å². The molecular formula is C19H27Cl2CoN3O2. The molecule has 0 fully saturated rings. The first-order chi connectivity index (χ1) is 11.2. The average molecular weight is 459 g/mol. The Balaban J connectivity index is 0.00000225. The van der Waals surface area contributed by atoms with Crippen LogP contribution in [-0.4, -0.2) is 41.1 Å². The number of halogens is 2. The molecule has 8 heteroatoms. The zero-order valence-corrected chi connectivity index (χ0v) is 19.1. The van der Waals surface area contributed by atoms with Crippen LogP contribution in [0.15, 0.2) is 28.2 Å². The van der Waals surface area contributed by atoms with Gasteiger partial charge in [-0.2, -0.15) is 0 Å². The Labute approximate surface area is 184 Å². The second-order valence-electron chi connectivity index (χ2n) is 7.84. The van der Waals surface area contributed by atoms with E-state index < -0.39 is 0 Å². The van der Waals surface area contributed by atoms with E-state index in [1.165, 1.54) is 0 Å². The number of pyridine rings is 1. The summed E-state index contributed by atoms with van der Waals surface area (Å²) in [6, 6.07) is 5.79. The summed E-state index contributed by atoms with van der Waals surface area (Å²) in [6.45, 7) is 14.1. The van der Waals surface area contributed by atoms with Gasteiger partial charge in [0.15, 0.2) is 0 Å². The number of hydrogen-bond acceptors (Lipinski definition) is 5. The molecule has 27 heavy (non-hydrogen) atoms. The van der Waals surface area contributed by atoms with Crippen LogP contribution in [0.3, 0.4) is 0 Å². The van der Waals surface area contributed by atoms with E-state index in [9.17, 15) is 0 Å². The van der Waals surface area contributed by atoms with Crippen LogP contribution in [0.25, 0.3) is 0 Å². The van der Waals surface area contributed by atoms with Crippen LogP contribution >= 0.6 is 0 Å². The van der Waals surface area contributed by atoms with Crippen molar-refractivity contribution in [2.24, 2.45) is 21.8 Å². The molecule has 1 aromatic rings. The predicted molar refractivity (Wildman–Crippen MR) is 95.7 cm³/mol. The molecule has 0 N–H and O–H groups in total. The van der Waals surface area contributed by atoms with Crippen LogP contribution in [0.2, 0.25) is 0 Å². The monoisotopic (exact) mass is 458 g/mol. The summed E-state index contributed by atoms with van der Waals surface area (Å²) in [4.78, 5) is 14.2. The molecule has 2 aliphatic rings. The van der Waals surface area contributed by atoms with Crippen molar-refractivity contribution in [1.82, 2.24) is 4.98 Å². The van der Waals surface area contributed by atoms with Gasteiger partial charge in [-0.3, -0.25) is 0 Å². The van der Waals surface area contributed by atoms with Crippen molar-refractivity contribution in [3.63, 3.8) is 0 Å². The molecule has 2 atom stereocenters. The third-order valence-corrected chi connectivity index (χ3v) is 5.39. The Morgan fingerprint density at radius 3 is 1.48 bits per heavy atom. The molecule has 0 saturated carbocycles. The summed E-state index contributed by atoms with van der Waals surface area (Å²) >= 11 is 0. The molecule has 2 aliphatic heterocycles. The topological polar surface area (TPSA) is 56.1 Å². The second kappa shape index (κ2) is 9.59. The van der Waals surface area contributed by atoms with Gasteiger partial charge in [-0.15, -0.1) is 0 Å². The average Bonchev–Trinajstić information content (AvgIpc) is 3.13. The van der Waals surface area contributed by atoms with Crippen LogP contribution in [0.4, 0.5) is 0 Å². The fraction of sp³-hybridized carbons (Fsp3) is 0.632. The third-order valence-electron chi connectivity index (χ3n) is 5.39. The molecular weight excluding hydrogens is 432 g/mol. The van der Waals surface area contributed by atoms with Gasteiger partial charge in [-0.1, -0.05) is 33.8 Å². The standard InChI is InChI=1S/C19H27N3O2.2ClH.Co/c1-12(2)18(5)10-23-16(21-18)14-8-7-9-15(20-14)17-22-19(6,11-24-17)13(3)4;;;/h7-9,12-13H,10-11H2,1-6H3;2*1H;/q;;;+2/p-2/t18-,19-;;;/m1.../s1. The fourth-order valence-corrected chi connectivity index (χ4v) is 2.55. The van der Waals surface area contributed by atoms with Crippen molar-refractivity contribution in [2.45, 2.75) is 52.6 Å². The Morgan fingerprint density at radius 1 is 0.815 bits per heavy atom. The molecule has 0 aliphatic carbocycles. The summed E-state index contributed by atoms with van der Waals surface area (Å²) in [5.41, 5.74) is 1.09. The molecule has 153 valence electrons. The summed E-state index contributed by atoms with van der Waals surface area (Å²) in [7, 11) is 0. The summed E-state index contributed by atoms with van der Waals surface area (Å²) < 4.78 is 11.6. The SMILES string of the molecule is CC(C)[C@@]1(C)COC(c2cccc(C3=N[C@@](C)(C(C)C)CO3)n2)=N1.[Cl-].[Cl-].[Co+2]. The maximum Gasteiger partial charge on any atom is 2.00 e. The van der Waals surface area contributed by atoms with E-state index in [1.54, 1.807) is 0 Å². The van der Waals surface area contributed by atoms with Crippen LogP contribution in [0.5, 0.6) is 0 Å². The second-order valence-corrected chi connectivity index (χ2v) is 7.84. The van der Waals surface area contributed by atoms with Crippen LogP contribution < -0.4 is 24.8 Å². The fourth-order valence-electron chi connectivity index (χ4n) is 2.55.